The number of nitrogens with zero attached hydrogens (tertiary/aromatic N) is 2. The molecule has 6 nitrogen and oxygen atoms in total. The number of aliphatic carboxylic acids is 1. The van der Waals surface area contributed by atoms with E-state index in [-0.39, 0.29) is 12.5 Å². The summed E-state index contributed by atoms with van der Waals surface area (Å²) in [5.41, 5.74) is 2.48. The maximum absolute atomic E-state index is 11.9. The maximum atomic E-state index is 11.9. The number of hydrogen-bond acceptors (Lipinski definition) is 3. The number of nitrogens with one attached hydrogen (secondary N) is 1. The van der Waals surface area contributed by atoms with Crippen molar-refractivity contribution >= 4 is 11.9 Å². The van der Waals surface area contributed by atoms with Gasteiger partial charge in [-0.3, -0.25) is 14.3 Å². The lowest BCUT2D eigenvalue weighted by Gasteiger charge is -2.13. The predicted molar refractivity (Wildman–Crippen MR) is 81.6 cm³/mol. The summed E-state index contributed by atoms with van der Waals surface area (Å²) in [6, 6.07) is 7.72. The number of benzene rings is 1. The Labute approximate surface area is 128 Å². The molecule has 1 amide bonds. The largest absolute Gasteiger partial charge is 0.481 e. The summed E-state index contributed by atoms with van der Waals surface area (Å²) in [4.78, 5) is 23.3. The van der Waals surface area contributed by atoms with Crippen molar-refractivity contribution in [2.75, 3.05) is 6.54 Å². The highest BCUT2D eigenvalue weighted by Gasteiger charge is 2.19. The number of amides is 1. The minimum Gasteiger partial charge on any atom is -0.481 e. The highest BCUT2D eigenvalue weighted by molar-refractivity contribution is 5.93. The first-order valence-corrected chi connectivity index (χ1v) is 7.01. The second-order valence-corrected chi connectivity index (χ2v) is 5.34. The molecule has 1 aromatic heterocycles. The maximum Gasteiger partial charge on any atom is 0.308 e. The number of aryl methyl sites for hydroxylation is 2. The highest BCUT2D eigenvalue weighted by atomic mass is 16.4. The average molecular weight is 301 g/mol. The van der Waals surface area contributed by atoms with Gasteiger partial charge in [-0.2, -0.15) is 5.10 Å². The smallest absolute Gasteiger partial charge is 0.308 e. The Bertz CT molecular complexity index is 662. The van der Waals surface area contributed by atoms with Crippen molar-refractivity contribution in [3.05, 3.63) is 53.3 Å². The fourth-order valence-corrected chi connectivity index (χ4v) is 2.11. The van der Waals surface area contributed by atoms with E-state index in [0.717, 1.165) is 11.1 Å². The van der Waals surface area contributed by atoms with Gasteiger partial charge in [0.1, 0.15) is 0 Å². The summed E-state index contributed by atoms with van der Waals surface area (Å²) in [6.45, 7) is 2.06. The molecule has 2 aromatic rings. The van der Waals surface area contributed by atoms with Gasteiger partial charge in [-0.15, -0.1) is 0 Å². The van der Waals surface area contributed by atoms with Crippen LogP contribution in [0.3, 0.4) is 0 Å². The molecule has 0 fully saturated rings. The first-order valence-electron chi connectivity index (χ1n) is 7.01. The van der Waals surface area contributed by atoms with Crippen molar-refractivity contribution in [3.8, 4) is 0 Å². The summed E-state index contributed by atoms with van der Waals surface area (Å²) >= 11 is 0. The fourth-order valence-electron chi connectivity index (χ4n) is 2.11. The van der Waals surface area contributed by atoms with Crippen LogP contribution in [0.25, 0.3) is 0 Å². The Hall–Kier alpha value is -2.63. The van der Waals surface area contributed by atoms with Crippen molar-refractivity contribution in [2.45, 2.75) is 13.3 Å². The van der Waals surface area contributed by atoms with Crippen LogP contribution in [0.1, 0.15) is 21.5 Å². The molecule has 6 heteroatoms. The van der Waals surface area contributed by atoms with Crippen LogP contribution < -0.4 is 5.32 Å². The summed E-state index contributed by atoms with van der Waals surface area (Å²) in [7, 11) is 1.72. The van der Waals surface area contributed by atoms with E-state index in [0.29, 0.717) is 12.0 Å². The highest BCUT2D eigenvalue weighted by Crippen LogP contribution is 2.10. The lowest BCUT2D eigenvalue weighted by Crippen LogP contribution is -2.34. The van der Waals surface area contributed by atoms with Crippen molar-refractivity contribution in [3.63, 3.8) is 0 Å². The van der Waals surface area contributed by atoms with E-state index in [1.54, 1.807) is 13.2 Å². The standard InChI is InChI=1S/C16H19N3O3/c1-11-3-5-12(6-4-11)7-13(16(21)22)8-17-15(20)14-9-18-19(2)10-14/h3-6,9-10,13H,7-8H2,1-2H3,(H,17,20)(H,21,22)/t13-/m1/s1. The molecule has 2 rings (SSSR count). The molecule has 1 aromatic carbocycles. The number of carbonyl (C=O) groups excluding carboxylic acids is 1. The molecule has 0 aliphatic heterocycles. The van der Waals surface area contributed by atoms with Crippen LogP contribution in [0.2, 0.25) is 0 Å². The van der Waals surface area contributed by atoms with Gasteiger partial charge in [0.15, 0.2) is 0 Å². The zero-order valence-electron chi connectivity index (χ0n) is 12.6. The lowest BCUT2D eigenvalue weighted by atomic mass is 9.98. The summed E-state index contributed by atoms with van der Waals surface area (Å²) in [5, 5.41) is 15.9. The van der Waals surface area contributed by atoms with Crippen molar-refractivity contribution in [2.24, 2.45) is 13.0 Å². The average Bonchev–Trinajstić information content (AvgIpc) is 2.91. The molecule has 0 unspecified atom stereocenters. The molecule has 1 heterocycles. The first-order chi connectivity index (χ1) is 10.5. The van der Waals surface area contributed by atoms with Gasteiger partial charge >= 0.3 is 5.97 Å². The molecule has 0 radical (unpaired) electrons. The number of carboxylic acids is 1. The van der Waals surface area contributed by atoms with Crippen LogP contribution >= 0.6 is 0 Å². The Morgan fingerprint density at radius 1 is 1.32 bits per heavy atom. The summed E-state index contributed by atoms with van der Waals surface area (Å²) in [5.74, 6) is -1.90. The minimum atomic E-state index is -0.924. The monoisotopic (exact) mass is 301 g/mol. The van der Waals surface area contributed by atoms with Gasteiger partial charge in [-0.1, -0.05) is 29.8 Å². The molecule has 0 aliphatic rings. The van der Waals surface area contributed by atoms with Crippen LogP contribution in [0, 0.1) is 12.8 Å². The zero-order chi connectivity index (χ0) is 16.1. The molecular formula is C16H19N3O3. The minimum absolute atomic E-state index is 0.0803. The van der Waals surface area contributed by atoms with E-state index in [9.17, 15) is 14.7 Å². The molecule has 0 saturated carbocycles. The van der Waals surface area contributed by atoms with Crippen molar-refractivity contribution < 1.29 is 14.7 Å². The van der Waals surface area contributed by atoms with E-state index >= 15 is 0 Å². The van der Waals surface area contributed by atoms with Gasteiger partial charge in [0, 0.05) is 19.8 Å². The van der Waals surface area contributed by atoms with Gasteiger partial charge in [0.2, 0.25) is 0 Å². The van der Waals surface area contributed by atoms with E-state index in [2.05, 4.69) is 10.4 Å². The summed E-state index contributed by atoms with van der Waals surface area (Å²) < 4.78 is 1.52. The predicted octanol–water partition coefficient (Wildman–Crippen LogP) is 1.40. The zero-order valence-corrected chi connectivity index (χ0v) is 12.6. The normalized spacial score (nSPS) is 11.9. The molecule has 2 N–H and O–H groups in total. The van der Waals surface area contributed by atoms with Gasteiger partial charge in [-0.25, -0.2) is 0 Å². The van der Waals surface area contributed by atoms with Gasteiger partial charge < -0.3 is 10.4 Å². The molecule has 0 saturated heterocycles. The van der Waals surface area contributed by atoms with Crippen molar-refractivity contribution in [1.29, 1.82) is 0 Å². The lowest BCUT2D eigenvalue weighted by molar-refractivity contribution is -0.141. The van der Waals surface area contributed by atoms with Crippen LogP contribution in [-0.4, -0.2) is 33.3 Å². The van der Waals surface area contributed by atoms with E-state index in [4.69, 9.17) is 0 Å². The third-order valence-corrected chi connectivity index (χ3v) is 3.43. The number of carboxylic acid groups (broad SMARTS) is 1. The van der Waals surface area contributed by atoms with Crippen LogP contribution in [-0.2, 0) is 18.3 Å². The van der Waals surface area contributed by atoms with Crippen LogP contribution in [0.4, 0.5) is 0 Å². The number of carbonyl (C=O) groups is 2. The Morgan fingerprint density at radius 2 is 2.00 bits per heavy atom. The molecule has 0 spiro atoms. The van der Waals surface area contributed by atoms with Gasteiger partial charge in [-0.05, 0) is 18.9 Å². The second-order valence-electron chi connectivity index (χ2n) is 5.34. The molecule has 0 bridgehead atoms. The number of aromatic nitrogens is 2. The molecule has 116 valence electrons. The SMILES string of the molecule is Cc1ccc(C[C@H](CNC(=O)c2cnn(C)c2)C(=O)O)cc1. The Kier molecular flexibility index (Phi) is 4.93. The van der Waals surface area contributed by atoms with E-state index in [1.807, 2.05) is 31.2 Å². The third-order valence-electron chi connectivity index (χ3n) is 3.43. The van der Waals surface area contributed by atoms with E-state index in [1.165, 1.54) is 10.9 Å². The fraction of sp³-hybridized carbons (Fsp3) is 0.312. The number of rotatable bonds is 6. The molecule has 0 aliphatic carbocycles. The molecule has 22 heavy (non-hydrogen) atoms. The van der Waals surface area contributed by atoms with Gasteiger partial charge in [0.25, 0.3) is 5.91 Å². The van der Waals surface area contributed by atoms with Crippen LogP contribution in [0.5, 0.6) is 0 Å². The first kappa shape index (κ1) is 15.8. The number of hydrogen-bond donors (Lipinski definition) is 2. The molecule has 1 atom stereocenters. The van der Waals surface area contributed by atoms with Gasteiger partial charge in [0.05, 0.1) is 17.7 Å². The van der Waals surface area contributed by atoms with Crippen molar-refractivity contribution in [1.82, 2.24) is 15.1 Å². The Balaban J connectivity index is 1.95. The topological polar surface area (TPSA) is 84.2 Å². The molecular weight excluding hydrogens is 282 g/mol. The quantitative estimate of drug-likeness (QED) is 0.844. The van der Waals surface area contributed by atoms with E-state index < -0.39 is 11.9 Å². The third kappa shape index (κ3) is 4.18. The summed E-state index contributed by atoms with van der Waals surface area (Å²) in [6.07, 6.45) is 3.42. The Morgan fingerprint density at radius 3 is 2.55 bits per heavy atom. The van der Waals surface area contributed by atoms with Crippen LogP contribution in [0.15, 0.2) is 36.7 Å². The second kappa shape index (κ2) is 6.89.